The van der Waals surface area contributed by atoms with Crippen molar-refractivity contribution < 1.29 is 19.3 Å². The molecule has 1 N–H and O–H groups in total. The highest BCUT2D eigenvalue weighted by molar-refractivity contribution is 6.35. The van der Waals surface area contributed by atoms with Crippen LogP contribution in [0.1, 0.15) is 39.2 Å². The second kappa shape index (κ2) is 10.4. The van der Waals surface area contributed by atoms with Gasteiger partial charge in [0.15, 0.2) is 5.79 Å². The molecule has 1 heterocycles. The number of hydrogen-bond donors (Lipinski definition) is 1. The number of aliphatic hydroxyl groups excluding tert-OH is 1. The number of aliphatic hydroxyl groups is 1. The van der Waals surface area contributed by atoms with Crippen LogP contribution in [0.2, 0.25) is 10.0 Å². The molecular weight excluding hydrogens is 423 g/mol. The van der Waals surface area contributed by atoms with E-state index >= 15 is 0 Å². The van der Waals surface area contributed by atoms with E-state index in [9.17, 15) is 5.11 Å². The molecule has 0 unspecified atom stereocenters. The first-order chi connectivity index (χ1) is 14.3. The molecule has 0 saturated carbocycles. The normalized spacial score (nSPS) is 20.3. The van der Waals surface area contributed by atoms with Crippen LogP contribution in [0.4, 0.5) is 0 Å². The quantitative estimate of drug-likeness (QED) is 0.481. The van der Waals surface area contributed by atoms with Gasteiger partial charge in [-0.2, -0.15) is 0 Å². The summed E-state index contributed by atoms with van der Waals surface area (Å²) >= 11 is 12.2. The van der Waals surface area contributed by atoms with Crippen molar-refractivity contribution in [3.05, 3.63) is 58.1 Å². The summed E-state index contributed by atoms with van der Waals surface area (Å²) in [5, 5.41) is 12.2. The Balaban J connectivity index is 1.69. The van der Waals surface area contributed by atoms with Gasteiger partial charge in [0.25, 0.3) is 0 Å². The molecule has 2 aromatic rings. The van der Waals surface area contributed by atoms with Crippen molar-refractivity contribution in [2.24, 2.45) is 0 Å². The van der Waals surface area contributed by atoms with Gasteiger partial charge in [0.05, 0.1) is 12.7 Å². The Labute approximate surface area is 189 Å². The summed E-state index contributed by atoms with van der Waals surface area (Å²) in [7, 11) is 0. The fourth-order valence-corrected chi connectivity index (χ4v) is 4.14. The predicted molar refractivity (Wildman–Crippen MR) is 121 cm³/mol. The topological polar surface area (TPSA) is 47.9 Å². The third-order valence-corrected chi connectivity index (χ3v) is 5.62. The van der Waals surface area contributed by atoms with Gasteiger partial charge >= 0.3 is 0 Å². The molecule has 0 radical (unpaired) electrons. The molecule has 2 aromatic carbocycles. The lowest BCUT2D eigenvalue weighted by Crippen LogP contribution is -2.43. The highest BCUT2D eigenvalue weighted by Gasteiger charge is 2.40. The fourth-order valence-electron chi connectivity index (χ4n) is 3.62. The summed E-state index contributed by atoms with van der Waals surface area (Å²) in [5.41, 5.74) is 2.99. The minimum atomic E-state index is -0.698. The number of rotatable bonds is 9. The van der Waals surface area contributed by atoms with Crippen molar-refractivity contribution in [3.63, 3.8) is 0 Å². The summed E-state index contributed by atoms with van der Waals surface area (Å²) in [5.74, 6) is -0.656. The molecule has 1 saturated heterocycles. The van der Waals surface area contributed by atoms with Crippen LogP contribution in [-0.2, 0) is 20.6 Å². The van der Waals surface area contributed by atoms with Gasteiger partial charge in [0.1, 0.15) is 12.2 Å². The van der Waals surface area contributed by atoms with Crippen molar-refractivity contribution in [1.29, 1.82) is 0 Å². The van der Waals surface area contributed by atoms with Crippen LogP contribution < -0.4 is 0 Å². The van der Waals surface area contributed by atoms with Crippen LogP contribution in [0.3, 0.4) is 0 Å². The van der Waals surface area contributed by atoms with Crippen LogP contribution in [0, 0.1) is 0 Å². The average molecular weight is 453 g/mol. The lowest BCUT2D eigenvalue weighted by Gasteiger charge is -2.28. The van der Waals surface area contributed by atoms with E-state index in [0.29, 0.717) is 29.7 Å². The first-order valence-electron chi connectivity index (χ1n) is 10.4. The minimum Gasteiger partial charge on any atom is -0.390 e. The van der Waals surface area contributed by atoms with Gasteiger partial charge in [-0.05, 0) is 55.2 Å². The molecule has 0 aromatic heterocycles. The molecule has 0 aliphatic carbocycles. The van der Waals surface area contributed by atoms with Gasteiger partial charge in [0.2, 0.25) is 0 Å². The Morgan fingerprint density at radius 1 is 1.10 bits per heavy atom. The highest BCUT2D eigenvalue weighted by Crippen LogP contribution is 2.29. The molecule has 3 rings (SSSR count). The molecule has 0 spiro atoms. The van der Waals surface area contributed by atoms with Crippen molar-refractivity contribution in [2.45, 2.75) is 64.1 Å². The second-order valence-corrected chi connectivity index (χ2v) is 9.06. The van der Waals surface area contributed by atoms with Crippen LogP contribution in [0.15, 0.2) is 42.5 Å². The van der Waals surface area contributed by atoms with E-state index in [2.05, 4.69) is 6.92 Å². The van der Waals surface area contributed by atoms with Crippen LogP contribution in [-0.4, -0.2) is 42.4 Å². The molecule has 0 amide bonds. The largest absolute Gasteiger partial charge is 0.390 e. The number of benzene rings is 2. The Morgan fingerprint density at radius 2 is 1.77 bits per heavy atom. The van der Waals surface area contributed by atoms with Gasteiger partial charge in [0, 0.05) is 23.1 Å². The van der Waals surface area contributed by atoms with Gasteiger partial charge in [-0.1, -0.05) is 60.8 Å². The monoisotopic (exact) mass is 452 g/mol. The van der Waals surface area contributed by atoms with E-state index in [0.717, 1.165) is 29.5 Å². The van der Waals surface area contributed by atoms with Gasteiger partial charge in [-0.25, -0.2) is 0 Å². The van der Waals surface area contributed by atoms with E-state index in [1.165, 1.54) is 0 Å². The minimum absolute atomic E-state index is 0.292. The summed E-state index contributed by atoms with van der Waals surface area (Å²) in [6.45, 7) is 6.87. The number of unbranched alkanes of at least 4 members (excludes halogenated alkanes) is 1. The molecule has 3 atom stereocenters. The molecular formula is C24H30Cl2O4. The molecule has 1 aliphatic heterocycles. The highest BCUT2D eigenvalue weighted by atomic mass is 35.5. The smallest absolute Gasteiger partial charge is 0.163 e. The van der Waals surface area contributed by atoms with Crippen molar-refractivity contribution in [2.75, 3.05) is 13.2 Å². The molecule has 1 aliphatic rings. The fraction of sp³-hybridized carbons (Fsp3) is 0.500. The van der Waals surface area contributed by atoms with Crippen LogP contribution in [0.5, 0.6) is 0 Å². The third-order valence-electron chi connectivity index (χ3n) is 5.18. The van der Waals surface area contributed by atoms with Gasteiger partial charge < -0.3 is 19.3 Å². The van der Waals surface area contributed by atoms with Gasteiger partial charge in [-0.3, -0.25) is 0 Å². The van der Waals surface area contributed by atoms with E-state index in [1.807, 2.05) is 50.2 Å². The van der Waals surface area contributed by atoms with Gasteiger partial charge in [-0.15, -0.1) is 0 Å². The molecule has 6 heteroatoms. The lowest BCUT2D eigenvalue weighted by atomic mass is 9.98. The SMILES string of the molecule is CCCCO[C@H]([C@H](O)Cc1ccc(-c2cc(Cl)cc(Cl)c2)cc1)[C@@H]1COC(C)(C)O1. The van der Waals surface area contributed by atoms with E-state index in [1.54, 1.807) is 6.07 Å². The molecule has 0 bridgehead atoms. The molecule has 4 nitrogen and oxygen atoms in total. The molecule has 164 valence electrons. The molecule has 1 fully saturated rings. The Morgan fingerprint density at radius 3 is 2.33 bits per heavy atom. The summed E-state index contributed by atoms with van der Waals surface area (Å²) in [4.78, 5) is 0. The third kappa shape index (κ3) is 6.43. The number of ether oxygens (including phenoxy) is 3. The number of hydrogen-bond acceptors (Lipinski definition) is 4. The van der Waals surface area contributed by atoms with Crippen LogP contribution >= 0.6 is 23.2 Å². The second-order valence-electron chi connectivity index (χ2n) is 8.18. The Kier molecular flexibility index (Phi) is 8.19. The Hall–Kier alpha value is -1.14. The maximum absolute atomic E-state index is 11.0. The standard InChI is InChI=1S/C24H30Cl2O4/c1-4-5-10-28-23(22-15-29-24(2,3)30-22)21(27)11-16-6-8-17(9-7-16)18-12-19(25)14-20(26)13-18/h6-9,12-14,21-23,27H,4-5,10-11,15H2,1-3H3/t21-,22+,23-/m1/s1. The lowest BCUT2D eigenvalue weighted by molar-refractivity contribution is -0.169. The van der Waals surface area contributed by atoms with Crippen LogP contribution in [0.25, 0.3) is 11.1 Å². The summed E-state index contributed by atoms with van der Waals surface area (Å²) in [6, 6.07) is 13.5. The van der Waals surface area contributed by atoms with E-state index in [-0.39, 0.29) is 6.10 Å². The first kappa shape index (κ1) is 23.5. The van der Waals surface area contributed by atoms with Crippen molar-refractivity contribution in [1.82, 2.24) is 0 Å². The zero-order chi connectivity index (χ0) is 21.7. The maximum atomic E-state index is 11.0. The zero-order valence-corrected chi connectivity index (χ0v) is 19.2. The predicted octanol–water partition coefficient (Wildman–Crippen LogP) is 5.90. The first-order valence-corrected chi connectivity index (χ1v) is 11.2. The Bertz CT molecular complexity index is 802. The zero-order valence-electron chi connectivity index (χ0n) is 17.7. The number of halogens is 2. The summed E-state index contributed by atoms with van der Waals surface area (Å²) < 4.78 is 17.7. The molecule has 30 heavy (non-hydrogen) atoms. The average Bonchev–Trinajstić information content (AvgIpc) is 3.04. The summed E-state index contributed by atoms with van der Waals surface area (Å²) in [6.07, 6.45) is 1.01. The van der Waals surface area contributed by atoms with Crippen molar-refractivity contribution >= 4 is 23.2 Å². The van der Waals surface area contributed by atoms with E-state index < -0.39 is 18.0 Å². The maximum Gasteiger partial charge on any atom is 0.163 e. The van der Waals surface area contributed by atoms with E-state index in [4.69, 9.17) is 37.4 Å². The van der Waals surface area contributed by atoms with Crippen molar-refractivity contribution in [3.8, 4) is 11.1 Å².